The zero-order chi connectivity index (χ0) is 12.1. The van der Waals surface area contributed by atoms with Crippen LogP contribution in [0.25, 0.3) is 0 Å². The summed E-state index contributed by atoms with van der Waals surface area (Å²) in [4.78, 5) is 11.6. The third kappa shape index (κ3) is 2.85. The van der Waals surface area contributed by atoms with Crippen LogP contribution in [0.1, 0.15) is 31.9 Å². The van der Waals surface area contributed by atoms with Gasteiger partial charge < -0.3 is 4.74 Å². The maximum absolute atomic E-state index is 13.0. The van der Waals surface area contributed by atoms with Crippen molar-refractivity contribution in [2.45, 2.75) is 26.4 Å². The first kappa shape index (κ1) is 12.8. The van der Waals surface area contributed by atoms with Crippen LogP contribution in [-0.4, -0.2) is 12.4 Å². The fourth-order valence-corrected chi connectivity index (χ4v) is 1.40. The Morgan fingerprint density at radius 1 is 1.31 bits per heavy atom. The second-order valence-electron chi connectivity index (χ2n) is 3.33. The molecule has 0 aliphatic carbocycles. The van der Waals surface area contributed by atoms with Crippen LogP contribution in [0.3, 0.4) is 0 Å². The highest BCUT2D eigenvalue weighted by atomic mass is 19.2. The first-order chi connectivity index (χ1) is 7.60. The van der Waals surface area contributed by atoms with Gasteiger partial charge in [-0.15, -0.1) is 0 Å². The molecule has 0 saturated carbocycles. The normalized spacial score (nSPS) is 12.5. The van der Waals surface area contributed by atoms with Gasteiger partial charge in [0, 0.05) is 13.0 Å². The van der Waals surface area contributed by atoms with Gasteiger partial charge >= 0.3 is 0 Å². The predicted molar refractivity (Wildman–Crippen MR) is 56.0 cm³/mol. The fourth-order valence-electron chi connectivity index (χ4n) is 1.40. The Bertz CT molecular complexity index is 377. The summed E-state index contributed by atoms with van der Waals surface area (Å²) < 4.78 is 31.0. The second-order valence-corrected chi connectivity index (χ2v) is 3.33. The number of hydrogen-bond acceptors (Lipinski definition) is 2. The molecule has 0 fully saturated rings. The molecular formula is C12H14F2O2. The minimum Gasteiger partial charge on any atom is -0.366 e. The van der Waals surface area contributed by atoms with E-state index < -0.39 is 17.7 Å². The Balaban J connectivity index is 3.01. The van der Waals surface area contributed by atoms with Gasteiger partial charge in [-0.05, 0) is 24.6 Å². The molecule has 16 heavy (non-hydrogen) atoms. The van der Waals surface area contributed by atoms with Gasteiger partial charge in [0.15, 0.2) is 17.4 Å². The molecule has 0 radical (unpaired) electrons. The molecular weight excluding hydrogens is 214 g/mol. The van der Waals surface area contributed by atoms with Gasteiger partial charge in [0.1, 0.15) is 6.10 Å². The third-order valence-corrected chi connectivity index (χ3v) is 2.22. The van der Waals surface area contributed by atoms with Gasteiger partial charge in [-0.3, -0.25) is 4.79 Å². The summed E-state index contributed by atoms with van der Waals surface area (Å²) in [6, 6.07) is 3.37. The predicted octanol–water partition coefficient (Wildman–Crippen LogP) is 3.02. The topological polar surface area (TPSA) is 26.3 Å². The molecule has 0 aromatic heterocycles. The number of hydrogen-bond donors (Lipinski definition) is 0. The van der Waals surface area contributed by atoms with Crippen LogP contribution in [0.5, 0.6) is 0 Å². The van der Waals surface area contributed by atoms with Gasteiger partial charge in [-0.25, -0.2) is 8.78 Å². The molecule has 0 aliphatic rings. The van der Waals surface area contributed by atoms with E-state index in [0.717, 1.165) is 12.1 Å². The summed E-state index contributed by atoms with van der Waals surface area (Å²) in [5, 5.41) is 0. The van der Waals surface area contributed by atoms with Crippen molar-refractivity contribution in [3.63, 3.8) is 0 Å². The summed E-state index contributed by atoms with van der Waals surface area (Å²) in [6.45, 7) is 3.79. The van der Waals surface area contributed by atoms with Crippen molar-refractivity contribution < 1.29 is 18.3 Å². The SMILES string of the molecule is CCOC(C(=O)CC)c1ccc(F)c(F)c1. The summed E-state index contributed by atoms with van der Waals surface area (Å²) in [5.41, 5.74) is 0.354. The van der Waals surface area contributed by atoms with Gasteiger partial charge in [0.2, 0.25) is 0 Å². The molecule has 0 spiro atoms. The van der Waals surface area contributed by atoms with Crippen LogP contribution in [-0.2, 0) is 9.53 Å². The lowest BCUT2D eigenvalue weighted by Gasteiger charge is -2.15. The van der Waals surface area contributed by atoms with Crippen molar-refractivity contribution in [3.05, 3.63) is 35.4 Å². The molecule has 2 nitrogen and oxygen atoms in total. The van der Waals surface area contributed by atoms with Crippen molar-refractivity contribution in [2.24, 2.45) is 0 Å². The first-order valence-electron chi connectivity index (χ1n) is 5.19. The van der Waals surface area contributed by atoms with Gasteiger partial charge in [0.05, 0.1) is 0 Å². The molecule has 0 saturated heterocycles. The summed E-state index contributed by atoms with van der Waals surface area (Å²) in [7, 11) is 0. The molecule has 0 N–H and O–H groups in total. The Hall–Kier alpha value is -1.29. The zero-order valence-electron chi connectivity index (χ0n) is 9.30. The number of Topliss-reactive ketones (excluding diaryl/α,β-unsaturated/α-hetero) is 1. The average Bonchev–Trinajstić information content (AvgIpc) is 2.29. The monoisotopic (exact) mass is 228 g/mol. The van der Waals surface area contributed by atoms with Crippen molar-refractivity contribution in [1.29, 1.82) is 0 Å². The number of halogens is 2. The number of carbonyl (C=O) groups excluding carboxylic acids is 1. The average molecular weight is 228 g/mol. The second kappa shape index (κ2) is 5.70. The lowest BCUT2D eigenvalue weighted by molar-refractivity contribution is -0.130. The minimum atomic E-state index is -0.967. The van der Waals surface area contributed by atoms with Crippen LogP contribution in [0.15, 0.2) is 18.2 Å². The molecule has 0 amide bonds. The van der Waals surface area contributed by atoms with Gasteiger partial charge in [-0.2, -0.15) is 0 Å². The quantitative estimate of drug-likeness (QED) is 0.774. The molecule has 1 aromatic rings. The molecule has 1 rings (SSSR count). The molecule has 88 valence electrons. The van der Waals surface area contributed by atoms with Crippen molar-refractivity contribution >= 4 is 5.78 Å². The highest BCUT2D eigenvalue weighted by Gasteiger charge is 2.20. The lowest BCUT2D eigenvalue weighted by atomic mass is 10.0. The molecule has 0 aliphatic heterocycles. The van der Waals surface area contributed by atoms with Crippen molar-refractivity contribution in [1.82, 2.24) is 0 Å². The first-order valence-corrected chi connectivity index (χ1v) is 5.19. The van der Waals surface area contributed by atoms with E-state index >= 15 is 0 Å². The number of ether oxygens (including phenoxy) is 1. The van der Waals surface area contributed by atoms with Crippen LogP contribution in [0.2, 0.25) is 0 Å². The molecule has 1 aromatic carbocycles. The molecule has 1 unspecified atom stereocenters. The minimum absolute atomic E-state index is 0.146. The molecule has 4 heteroatoms. The van der Waals surface area contributed by atoms with Crippen LogP contribution in [0.4, 0.5) is 8.78 Å². The van der Waals surface area contributed by atoms with E-state index in [1.807, 2.05) is 0 Å². The molecule has 0 bridgehead atoms. The number of rotatable bonds is 5. The molecule has 0 heterocycles. The lowest BCUT2D eigenvalue weighted by Crippen LogP contribution is -2.15. The maximum atomic E-state index is 13.0. The van der Waals surface area contributed by atoms with E-state index in [-0.39, 0.29) is 5.78 Å². The van der Waals surface area contributed by atoms with E-state index in [1.165, 1.54) is 6.07 Å². The highest BCUT2D eigenvalue weighted by molar-refractivity contribution is 5.84. The Morgan fingerprint density at radius 3 is 2.50 bits per heavy atom. The standard InChI is InChI=1S/C12H14F2O2/c1-3-11(15)12(16-4-2)8-5-6-9(13)10(14)7-8/h5-7,12H,3-4H2,1-2H3. The van der Waals surface area contributed by atoms with E-state index in [1.54, 1.807) is 13.8 Å². The number of benzene rings is 1. The van der Waals surface area contributed by atoms with E-state index in [2.05, 4.69) is 0 Å². The number of ketones is 1. The van der Waals surface area contributed by atoms with E-state index in [9.17, 15) is 13.6 Å². The van der Waals surface area contributed by atoms with Crippen LogP contribution in [0, 0.1) is 11.6 Å². The fraction of sp³-hybridized carbons (Fsp3) is 0.417. The van der Waals surface area contributed by atoms with Crippen LogP contribution >= 0.6 is 0 Å². The summed E-state index contributed by atoms with van der Waals surface area (Å²) >= 11 is 0. The smallest absolute Gasteiger partial charge is 0.165 e. The van der Waals surface area contributed by atoms with Crippen LogP contribution < -0.4 is 0 Å². The number of carbonyl (C=O) groups is 1. The largest absolute Gasteiger partial charge is 0.366 e. The van der Waals surface area contributed by atoms with E-state index in [4.69, 9.17) is 4.74 Å². The third-order valence-electron chi connectivity index (χ3n) is 2.22. The van der Waals surface area contributed by atoms with E-state index in [0.29, 0.717) is 18.6 Å². The highest BCUT2D eigenvalue weighted by Crippen LogP contribution is 2.21. The van der Waals surface area contributed by atoms with Crippen molar-refractivity contribution in [2.75, 3.05) is 6.61 Å². The van der Waals surface area contributed by atoms with Crippen molar-refractivity contribution in [3.8, 4) is 0 Å². The Labute approximate surface area is 93.2 Å². The Kier molecular flexibility index (Phi) is 4.55. The summed E-state index contributed by atoms with van der Waals surface area (Å²) in [6.07, 6.45) is -0.506. The Morgan fingerprint density at radius 2 is 2.00 bits per heavy atom. The van der Waals surface area contributed by atoms with Gasteiger partial charge in [-0.1, -0.05) is 13.0 Å². The summed E-state index contributed by atoms with van der Waals surface area (Å²) in [5.74, 6) is -2.04. The zero-order valence-corrected chi connectivity index (χ0v) is 9.30. The molecule has 1 atom stereocenters. The maximum Gasteiger partial charge on any atom is 0.165 e. The van der Waals surface area contributed by atoms with Gasteiger partial charge in [0.25, 0.3) is 0 Å².